The first-order valence-electron chi connectivity index (χ1n) is 10.8. The number of Topliss-reactive ketones (excluding diaryl/α,β-unsaturated/α-hetero) is 1. The summed E-state index contributed by atoms with van der Waals surface area (Å²) in [5, 5.41) is 57.1. The number of ketones is 1. The second-order valence-electron chi connectivity index (χ2n) is 10.6. The normalized spacial score (nSPS) is 57.5. The minimum absolute atomic E-state index is 0.0593. The van der Waals surface area contributed by atoms with Gasteiger partial charge >= 0.3 is 5.97 Å². The molecule has 0 amide bonds. The molecule has 5 N–H and O–H groups in total. The van der Waals surface area contributed by atoms with Crippen molar-refractivity contribution in [1.29, 1.82) is 0 Å². The lowest BCUT2D eigenvalue weighted by Gasteiger charge is -2.75. The van der Waals surface area contributed by atoms with Crippen molar-refractivity contribution in [2.75, 3.05) is 13.2 Å². The van der Waals surface area contributed by atoms with E-state index in [1.54, 1.807) is 6.92 Å². The van der Waals surface area contributed by atoms with Gasteiger partial charge in [0.05, 0.1) is 31.5 Å². The van der Waals surface area contributed by atoms with Crippen LogP contribution in [-0.2, 0) is 19.1 Å². The highest BCUT2D eigenvalue weighted by atomic mass is 16.6. The van der Waals surface area contributed by atoms with E-state index in [4.69, 9.17) is 9.47 Å². The lowest BCUT2D eigenvalue weighted by Crippen LogP contribution is -2.87. The number of hydrogen-bond donors (Lipinski definition) is 5. The highest BCUT2D eigenvalue weighted by Crippen LogP contribution is 2.76. The minimum atomic E-state index is -2.48. The minimum Gasteiger partial charge on any atom is -0.465 e. The van der Waals surface area contributed by atoms with Gasteiger partial charge in [0.25, 0.3) is 0 Å². The number of aliphatic hydroxyl groups excluding tert-OH is 4. The Labute approximate surface area is 179 Å². The van der Waals surface area contributed by atoms with Crippen molar-refractivity contribution in [2.45, 2.75) is 63.3 Å². The summed E-state index contributed by atoms with van der Waals surface area (Å²) < 4.78 is 11.0. The van der Waals surface area contributed by atoms with E-state index in [9.17, 15) is 35.1 Å². The number of hydrogen-bond acceptors (Lipinski definition) is 9. The third-order valence-electron chi connectivity index (χ3n) is 9.31. The first-order valence-corrected chi connectivity index (χ1v) is 10.8. The van der Waals surface area contributed by atoms with Crippen molar-refractivity contribution >= 4 is 11.8 Å². The van der Waals surface area contributed by atoms with Crippen LogP contribution in [0, 0.1) is 34.0 Å². The quantitative estimate of drug-likeness (QED) is 0.267. The molecule has 172 valence electrons. The van der Waals surface area contributed by atoms with Crippen molar-refractivity contribution in [1.82, 2.24) is 0 Å². The average molecular weight is 438 g/mol. The summed E-state index contributed by atoms with van der Waals surface area (Å²) in [5.74, 6) is -6.28. The van der Waals surface area contributed by atoms with Crippen LogP contribution < -0.4 is 0 Å². The van der Waals surface area contributed by atoms with Crippen LogP contribution in [0.3, 0.4) is 0 Å². The van der Waals surface area contributed by atoms with Gasteiger partial charge in [-0.25, -0.2) is 0 Å². The van der Waals surface area contributed by atoms with Gasteiger partial charge in [-0.05, 0) is 24.8 Å². The van der Waals surface area contributed by atoms with Gasteiger partial charge in [-0.15, -0.1) is 0 Å². The number of carbonyl (C=O) groups is 2. The predicted octanol–water partition coefficient (Wildman–Crippen LogP) is -1.11. The van der Waals surface area contributed by atoms with E-state index in [1.165, 1.54) is 6.92 Å². The summed E-state index contributed by atoms with van der Waals surface area (Å²) in [5.41, 5.74) is -4.12. The molecule has 0 radical (unpaired) electrons. The standard InChI is InChI=1S/C22H30O9/c1-9-11-6-12(24)14-20-8-31-22(29,21(14,16(9)26)17(11)27)18(28)15(20)19(3,5-4-13(20)25)7-30-10(2)23/h11-15,17-18,24-25,27-29H,1,4-8H2,2-3H3/t11-,12-,13+,14-,15+,17+,18-,19-,20+,21?,22+/m0/s1. The second-order valence-corrected chi connectivity index (χ2v) is 10.6. The Morgan fingerprint density at radius 3 is 2.55 bits per heavy atom. The molecule has 2 heterocycles. The molecule has 4 bridgehead atoms. The Bertz CT molecular complexity index is 873. The monoisotopic (exact) mass is 438 g/mol. The number of ether oxygens (including phenoxy) is 2. The molecule has 0 aromatic carbocycles. The molecular weight excluding hydrogens is 408 g/mol. The van der Waals surface area contributed by atoms with Crippen LogP contribution in [0.15, 0.2) is 12.2 Å². The predicted molar refractivity (Wildman–Crippen MR) is 103 cm³/mol. The molecule has 6 aliphatic rings. The van der Waals surface area contributed by atoms with Crippen LogP contribution in [0.2, 0.25) is 0 Å². The maximum atomic E-state index is 13.5. The first-order chi connectivity index (χ1) is 14.4. The summed E-state index contributed by atoms with van der Waals surface area (Å²) in [7, 11) is 0. The second kappa shape index (κ2) is 6.15. The van der Waals surface area contributed by atoms with Gasteiger partial charge in [-0.2, -0.15) is 0 Å². The summed E-state index contributed by atoms with van der Waals surface area (Å²) in [6, 6.07) is 0. The highest BCUT2D eigenvalue weighted by molar-refractivity contribution is 6.05. The van der Waals surface area contributed by atoms with Crippen LogP contribution in [0.5, 0.6) is 0 Å². The van der Waals surface area contributed by atoms with Gasteiger partial charge in [0, 0.05) is 35.5 Å². The fourth-order valence-electron chi connectivity index (χ4n) is 8.19. The van der Waals surface area contributed by atoms with Crippen LogP contribution >= 0.6 is 0 Å². The van der Waals surface area contributed by atoms with Crippen molar-refractivity contribution in [3.63, 3.8) is 0 Å². The zero-order valence-electron chi connectivity index (χ0n) is 17.7. The summed E-state index contributed by atoms with van der Waals surface area (Å²) >= 11 is 0. The molecule has 2 saturated heterocycles. The highest BCUT2D eigenvalue weighted by Gasteiger charge is 2.88. The van der Waals surface area contributed by atoms with Crippen molar-refractivity contribution in [3.05, 3.63) is 12.2 Å². The zero-order chi connectivity index (χ0) is 22.7. The summed E-state index contributed by atoms with van der Waals surface area (Å²) in [6.45, 7) is 6.61. The third kappa shape index (κ3) is 2.09. The molecule has 31 heavy (non-hydrogen) atoms. The maximum absolute atomic E-state index is 13.5. The molecule has 9 heteroatoms. The molecule has 6 rings (SSSR count). The van der Waals surface area contributed by atoms with E-state index in [0.29, 0.717) is 6.42 Å². The number of carbonyl (C=O) groups excluding carboxylic acids is 2. The van der Waals surface area contributed by atoms with Gasteiger partial charge in [0.2, 0.25) is 5.79 Å². The fraction of sp³-hybridized carbons (Fsp3) is 0.818. The van der Waals surface area contributed by atoms with Gasteiger partial charge < -0.3 is 35.0 Å². The number of aliphatic hydroxyl groups is 5. The van der Waals surface area contributed by atoms with Crippen LogP contribution in [0.1, 0.15) is 33.1 Å². The van der Waals surface area contributed by atoms with Crippen LogP contribution in [-0.4, -0.2) is 80.7 Å². The first kappa shape index (κ1) is 21.5. The van der Waals surface area contributed by atoms with Gasteiger partial charge in [-0.1, -0.05) is 13.5 Å². The largest absolute Gasteiger partial charge is 0.465 e. The number of fused-ring (bicyclic) bond motifs is 2. The Hall–Kier alpha value is -1.36. The van der Waals surface area contributed by atoms with E-state index >= 15 is 0 Å². The maximum Gasteiger partial charge on any atom is 0.302 e. The molecule has 0 aromatic rings. The molecule has 11 atom stereocenters. The van der Waals surface area contributed by atoms with Crippen LogP contribution in [0.25, 0.3) is 0 Å². The molecule has 9 nitrogen and oxygen atoms in total. The topological polar surface area (TPSA) is 154 Å². The molecule has 4 saturated carbocycles. The summed E-state index contributed by atoms with van der Waals surface area (Å²) in [6.07, 6.45) is -4.56. The van der Waals surface area contributed by atoms with E-state index in [0.717, 1.165) is 0 Å². The van der Waals surface area contributed by atoms with E-state index in [-0.39, 0.29) is 31.6 Å². The Morgan fingerprint density at radius 2 is 1.90 bits per heavy atom. The molecule has 0 aromatic heterocycles. The average Bonchev–Trinajstić information content (AvgIpc) is 2.82. The van der Waals surface area contributed by atoms with Crippen molar-refractivity contribution in [3.8, 4) is 0 Å². The van der Waals surface area contributed by atoms with Gasteiger partial charge in [-0.3, -0.25) is 9.59 Å². The summed E-state index contributed by atoms with van der Waals surface area (Å²) in [4.78, 5) is 25.0. The Balaban J connectivity index is 1.75. The zero-order valence-corrected chi connectivity index (χ0v) is 17.7. The van der Waals surface area contributed by atoms with Crippen molar-refractivity contribution < 1.29 is 44.6 Å². The van der Waals surface area contributed by atoms with E-state index in [1.807, 2.05) is 0 Å². The SMILES string of the molecule is C=C1C(=O)C23[C@H](O)[C@H]1C[C@H](O)[C@H]2[C@]12CO[C@]3(O)[C@@H](O)[C@@H]1[C@](C)(COC(C)=O)CC[C@H]2O. The Kier molecular flexibility index (Phi) is 4.26. The smallest absolute Gasteiger partial charge is 0.302 e. The molecule has 1 unspecified atom stereocenters. The molecule has 6 fully saturated rings. The van der Waals surface area contributed by atoms with Gasteiger partial charge in [0.15, 0.2) is 5.78 Å². The molecular formula is C22H30O9. The van der Waals surface area contributed by atoms with E-state index < -0.39 is 76.0 Å². The van der Waals surface area contributed by atoms with Crippen LogP contribution in [0.4, 0.5) is 0 Å². The van der Waals surface area contributed by atoms with E-state index in [2.05, 4.69) is 6.58 Å². The fourth-order valence-corrected chi connectivity index (χ4v) is 8.19. The number of esters is 1. The molecule has 4 aliphatic carbocycles. The lowest BCUT2D eigenvalue weighted by atomic mass is 9.35. The third-order valence-corrected chi connectivity index (χ3v) is 9.31. The molecule has 2 spiro atoms. The number of rotatable bonds is 2. The Morgan fingerprint density at radius 1 is 1.23 bits per heavy atom. The lowest BCUT2D eigenvalue weighted by molar-refractivity contribution is -0.467. The molecule has 2 aliphatic heterocycles. The van der Waals surface area contributed by atoms with Gasteiger partial charge in [0.1, 0.15) is 11.5 Å². The van der Waals surface area contributed by atoms with Crippen molar-refractivity contribution in [2.24, 2.45) is 34.0 Å².